The van der Waals surface area contributed by atoms with E-state index in [1.807, 2.05) is 20.8 Å². The fraction of sp³-hybridized carbons (Fsp3) is 0.895. The molecule has 0 aromatic heterocycles. The summed E-state index contributed by atoms with van der Waals surface area (Å²) in [5.74, 6) is 0.837. The maximum atomic E-state index is 11.9. The molecule has 0 aliphatic heterocycles. The minimum atomic E-state index is -0.456. The van der Waals surface area contributed by atoms with Gasteiger partial charge in [0.05, 0.1) is 0 Å². The van der Waals surface area contributed by atoms with E-state index in [0.29, 0.717) is 6.04 Å². The fourth-order valence-electron chi connectivity index (χ4n) is 2.86. The Kier molecular flexibility index (Phi) is 11.6. The first-order valence-corrected chi connectivity index (χ1v) is 9.70. The van der Waals surface area contributed by atoms with Crippen LogP contribution in [0.5, 0.6) is 0 Å². The molecule has 0 spiro atoms. The van der Waals surface area contributed by atoms with E-state index in [4.69, 9.17) is 4.74 Å². The highest BCUT2D eigenvalue weighted by Gasteiger charge is 2.25. The summed E-state index contributed by atoms with van der Waals surface area (Å²) in [4.78, 5) is 16.2. The van der Waals surface area contributed by atoms with Gasteiger partial charge in [0.15, 0.2) is 5.96 Å². The van der Waals surface area contributed by atoms with Crippen LogP contribution >= 0.6 is 24.0 Å². The molecule has 4 N–H and O–H groups in total. The van der Waals surface area contributed by atoms with Crippen molar-refractivity contribution in [3.05, 3.63) is 0 Å². The van der Waals surface area contributed by atoms with Crippen molar-refractivity contribution < 1.29 is 9.53 Å². The summed E-state index contributed by atoms with van der Waals surface area (Å²) in [5, 5.41) is 13.3. The van der Waals surface area contributed by atoms with Gasteiger partial charge in [0, 0.05) is 37.8 Å². The van der Waals surface area contributed by atoms with Crippen molar-refractivity contribution in [2.45, 2.75) is 90.4 Å². The van der Waals surface area contributed by atoms with Gasteiger partial charge >= 0.3 is 6.09 Å². The zero-order valence-corrected chi connectivity index (χ0v) is 20.4. The third-order valence-electron chi connectivity index (χ3n) is 4.09. The van der Waals surface area contributed by atoms with Gasteiger partial charge in [-0.1, -0.05) is 0 Å². The Bertz CT molecular complexity index is 464. The predicted molar refractivity (Wildman–Crippen MR) is 123 cm³/mol. The van der Waals surface area contributed by atoms with E-state index >= 15 is 0 Å². The van der Waals surface area contributed by atoms with Crippen molar-refractivity contribution in [1.29, 1.82) is 0 Å². The van der Waals surface area contributed by atoms with Crippen LogP contribution < -0.4 is 21.3 Å². The van der Waals surface area contributed by atoms with Gasteiger partial charge in [-0.15, -0.1) is 24.0 Å². The van der Waals surface area contributed by atoms with Gasteiger partial charge in [0.25, 0.3) is 0 Å². The van der Waals surface area contributed by atoms with E-state index < -0.39 is 5.60 Å². The van der Waals surface area contributed by atoms with Crippen molar-refractivity contribution in [2.24, 2.45) is 4.99 Å². The maximum Gasteiger partial charge on any atom is 0.407 e. The molecule has 0 aromatic rings. The van der Waals surface area contributed by atoms with Crippen molar-refractivity contribution >= 4 is 36.0 Å². The van der Waals surface area contributed by atoms with Gasteiger partial charge in [-0.05, 0) is 67.2 Å². The summed E-state index contributed by atoms with van der Waals surface area (Å²) < 4.78 is 5.33. The molecule has 1 rings (SSSR count). The highest BCUT2D eigenvalue weighted by Crippen LogP contribution is 2.19. The van der Waals surface area contributed by atoms with Crippen LogP contribution in [0.3, 0.4) is 0 Å². The van der Waals surface area contributed by atoms with Gasteiger partial charge in [-0.2, -0.15) is 0 Å². The molecule has 8 heteroatoms. The van der Waals surface area contributed by atoms with Gasteiger partial charge in [-0.25, -0.2) is 4.79 Å². The number of hydrogen-bond acceptors (Lipinski definition) is 4. The Hall–Kier alpha value is -0.770. The predicted octanol–water partition coefficient (Wildman–Crippen LogP) is 2.99. The number of nitrogens with zero attached hydrogens (tertiary/aromatic N) is 1. The number of carbonyl (C=O) groups excluding carboxylic acids is 1. The molecule has 0 aromatic carbocycles. The molecular weight excluding hydrogens is 457 g/mol. The largest absolute Gasteiger partial charge is 0.444 e. The number of aliphatic imine (C=N–C) groups is 1. The molecule has 0 saturated heterocycles. The normalized spacial score (nSPS) is 21.1. The lowest BCUT2D eigenvalue weighted by atomic mass is 9.91. The van der Waals surface area contributed by atoms with Crippen LogP contribution in [0, 0.1) is 0 Å². The summed E-state index contributed by atoms with van der Waals surface area (Å²) in [6.07, 6.45) is 3.57. The van der Waals surface area contributed by atoms with Crippen LogP contribution in [0.4, 0.5) is 4.79 Å². The highest BCUT2D eigenvalue weighted by molar-refractivity contribution is 14.0. The van der Waals surface area contributed by atoms with Gasteiger partial charge in [-0.3, -0.25) is 4.99 Å². The molecule has 1 fully saturated rings. The molecule has 1 aliphatic rings. The zero-order valence-electron chi connectivity index (χ0n) is 18.1. The first-order chi connectivity index (χ1) is 12.0. The topological polar surface area (TPSA) is 86.8 Å². The monoisotopic (exact) mass is 497 g/mol. The summed E-state index contributed by atoms with van der Waals surface area (Å²) in [6.45, 7) is 13.8. The minimum Gasteiger partial charge on any atom is -0.444 e. The second-order valence-corrected chi connectivity index (χ2v) is 9.01. The number of halogens is 1. The molecule has 27 heavy (non-hydrogen) atoms. The summed E-state index contributed by atoms with van der Waals surface area (Å²) in [7, 11) is 1.79. The van der Waals surface area contributed by atoms with Crippen molar-refractivity contribution in [2.75, 3.05) is 20.1 Å². The quantitative estimate of drug-likeness (QED) is 0.203. The standard InChI is InChI=1S/C19H39N5O2.HI/c1-18(2,3)22-13-12-21-16(20-7)23-14-8-10-15(11-9-14)24-17(25)26-19(4,5)6;/h14-15,22H,8-13H2,1-7H3,(H,24,25)(H2,20,21,23);1H. The second kappa shape index (κ2) is 11.9. The fourth-order valence-corrected chi connectivity index (χ4v) is 2.86. The van der Waals surface area contributed by atoms with Crippen LogP contribution in [-0.4, -0.2) is 55.4 Å². The van der Waals surface area contributed by atoms with E-state index in [1.54, 1.807) is 7.05 Å². The molecule has 0 atom stereocenters. The maximum absolute atomic E-state index is 11.9. The lowest BCUT2D eigenvalue weighted by molar-refractivity contribution is 0.0490. The van der Waals surface area contributed by atoms with Crippen LogP contribution in [0.15, 0.2) is 4.99 Å². The third-order valence-corrected chi connectivity index (χ3v) is 4.09. The smallest absolute Gasteiger partial charge is 0.407 e. The summed E-state index contributed by atoms with van der Waals surface area (Å²) in [5.41, 5.74) is -0.332. The van der Waals surface area contributed by atoms with E-state index in [9.17, 15) is 4.79 Å². The Morgan fingerprint density at radius 3 is 1.93 bits per heavy atom. The molecule has 1 amide bonds. The number of amides is 1. The number of alkyl carbamates (subject to hydrolysis) is 1. The number of carbonyl (C=O) groups is 1. The van der Waals surface area contributed by atoms with E-state index in [0.717, 1.165) is 44.7 Å². The zero-order chi connectivity index (χ0) is 19.8. The first kappa shape index (κ1) is 26.2. The number of guanidine groups is 1. The Labute approximate surface area is 182 Å². The lowest BCUT2D eigenvalue weighted by Crippen LogP contribution is -2.49. The lowest BCUT2D eigenvalue weighted by Gasteiger charge is -2.31. The van der Waals surface area contributed by atoms with Crippen LogP contribution in [0.1, 0.15) is 67.2 Å². The Balaban J connectivity index is 0.00000676. The van der Waals surface area contributed by atoms with Crippen molar-refractivity contribution in [1.82, 2.24) is 21.3 Å². The molecule has 0 bridgehead atoms. The van der Waals surface area contributed by atoms with Crippen LogP contribution in [0.25, 0.3) is 0 Å². The number of ether oxygens (including phenoxy) is 1. The average molecular weight is 497 g/mol. The van der Waals surface area contributed by atoms with Crippen molar-refractivity contribution in [3.8, 4) is 0 Å². The Morgan fingerprint density at radius 1 is 0.963 bits per heavy atom. The third kappa shape index (κ3) is 13.1. The second-order valence-electron chi connectivity index (χ2n) is 9.01. The van der Waals surface area contributed by atoms with Gasteiger partial charge < -0.3 is 26.0 Å². The molecule has 0 heterocycles. The van der Waals surface area contributed by atoms with Gasteiger partial charge in [0.2, 0.25) is 0 Å². The SMILES string of the molecule is CN=C(NCCNC(C)(C)C)NC1CCC(NC(=O)OC(C)(C)C)CC1.I. The van der Waals surface area contributed by atoms with Crippen LogP contribution in [-0.2, 0) is 4.74 Å². The summed E-state index contributed by atoms with van der Waals surface area (Å²) >= 11 is 0. The van der Waals surface area contributed by atoms with Crippen LogP contribution in [0.2, 0.25) is 0 Å². The molecule has 7 nitrogen and oxygen atoms in total. The van der Waals surface area contributed by atoms with Gasteiger partial charge in [0.1, 0.15) is 5.60 Å². The molecule has 0 radical (unpaired) electrons. The Morgan fingerprint density at radius 2 is 1.48 bits per heavy atom. The molecule has 160 valence electrons. The number of rotatable bonds is 5. The highest BCUT2D eigenvalue weighted by atomic mass is 127. The van der Waals surface area contributed by atoms with E-state index in [2.05, 4.69) is 47.0 Å². The van der Waals surface area contributed by atoms with Crippen molar-refractivity contribution in [3.63, 3.8) is 0 Å². The van der Waals surface area contributed by atoms with E-state index in [-0.39, 0.29) is 41.7 Å². The minimum absolute atomic E-state index is 0. The molecule has 1 saturated carbocycles. The number of nitrogens with one attached hydrogen (secondary N) is 4. The van der Waals surface area contributed by atoms with E-state index in [1.165, 1.54) is 0 Å². The molecule has 0 unspecified atom stereocenters. The number of hydrogen-bond donors (Lipinski definition) is 4. The first-order valence-electron chi connectivity index (χ1n) is 9.70. The summed E-state index contributed by atoms with van der Waals surface area (Å²) in [6, 6.07) is 0.572. The molecular formula is C19H40IN5O2. The molecule has 1 aliphatic carbocycles. The average Bonchev–Trinajstić information content (AvgIpc) is 2.49.